The molecule has 0 saturated carbocycles. The molecule has 2 aliphatic heterocycles. The zero-order chi connectivity index (χ0) is 19.6. The molecule has 1 aromatic carbocycles. The Morgan fingerprint density at radius 1 is 1.30 bits per heavy atom. The lowest BCUT2D eigenvalue weighted by Gasteiger charge is -2.22. The minimum Gasteiger partial charge on any atom is -0.493 e. The van der Waals surface area contributed by atoms with E-state index in [0.29, 0.717) is 17.9 Å². The van der Waals surface area contributed by atoms with E-state index in [2.05, 4.69) is 5.16 Å². The van der Waals surface area contributed by atoms with E-state index in [-0.39, 0.29) is 18.9 Å². The van der Waals surface area contributed by atoms with Crippen molar-refractivity contribution in [2.75, 3.05) is 27.4 Å². The monoisotopic (exact) mass is 378 g/mol. The molecule has 146 valence electrons. The van der Waals surface area contributed by atoms with Gasteiger partial charge in [0.2, 0.25) is 5.91 Å². The van der Waals surface area contributed by atoms with E-state index in [1.165, 1.54) is 4.90 Å². The number of hydrogen-bond acceptors (Lipinski definition) is 8. The van der Waals surface area contributed by atoms with Gasteiger partial charge in [-0.3, -0.25) is 4.79 Å². The van der Waals surface area contributed by atoms with Crippen molar-refractivity contribution in [1.82, 2.24) is 4.90 Å². The molecular weight excluding hydrogens is 356 g/mol. The van der Waals surface area contributed by atoms with Gasteiger partial charge in [-0.15, -0.1) is 0 Å². The van der Waals surface area contributed by atoms with E-state index in [1.54, 1.807) is 27.2 Å². The molecule has 0 spiro atoms. The van der Waals surface area contributed by atoms with Gasteiger partial charge in [0, 0.05) is 6.54 Å². The van der Waals surface area contributed by atoms with Crippen LogP contribution >= 0.6 is 0 Å². The van der Waals surface area contributed by atoms with Gasteiger partial charge in [0.25, 0.3) is 0 Å². The molecule has 0 bridgehead atoms. The molecular formula is C18H22N2O7. The number of rotatable bonds is 7. The minimum atomic E-state index is -1.18. The Bertz CT molecular complexity index is 764. The van der Waals surface area contributed by atoms with Crippen LogP contribution in [-0.4, -0.2) is 67.3 Å². The Balaban J connectivity index is 1.69. The van der Waals surface area contributed by atoms with Crippen molar-refractivity contribution in [1.29, 1.82) is 0 Å². The molecule has 27 heavy (non-hydrogen) atoms. The molecule has 1 aromatic rings. The van der Waals surface area contributed by atoms with Crippen molar-refractivity contribution < 1.29 is 33.7 Å². The summed E-state index contributed by atoms with van der Waals surface area (Å²) in [6.07, 6.45) is -1.60. The van der Waals surface area contributed by atoms with Crippen LogP contribution in [0.1, 0.15) is 12.5 Å². The number of aliphatic hydroxyl groups excluding tert-OH is 1. The number of amides is 1. The summed E-state index contributed by atoms with van der Waals surface area (Å²) in [6, 6.07) is 5.45. The van der Waals surface area contributed by atoms with E-state index >= 15 is 0 Å². The first-order chi connectivity index (χ1) is 13.0. The SMILES string of the molecule is CCOC(=O)C1=NO[C@H]2[C@@H]1C(=O)N(CCc1ccc(OC)c(OC)c1)[C@H]2O. The molecule has 3 rings (SSSR count). The van der Waals surface area contributed by atoms with Crippen LogP contribution in [0.4, 0.5) is 0 Å². The lowest BCUT2D eigenvalue weighted by Crippen LogP contribution is -2.38. The maximum atomic E-state index is 12.7. The van der Waals surface area contributed by atoms with Crippen LogP contribution in [0, 0.1) is 5.92 Å². The van der Waals surface area contributed by atoms with E-state index in [1.807, 2.05) is 12.1 Å². The van der Waals surface area contributed by atoms with E-state index in [4.69, 9.17) is 19.0 Å². The summed E-state index contributed by atoms with van der Waals surface area (Å²) in [5.74, 6) is -0.856. The fraction of sp³-hybridized carbons (Fsp3) is 0.500. The number of methoxy groups -OCH3 is 2. The standard InChI is InChI=1S/C18H22N2O7/c1-4-26-18(23)14-13-15(27-19-14)17(22)20(16(13)21)8-7-10-5-6-11(24-2)12(9-10)25-3/h5-6,9,13,15,17,22H,4,7-8H2,1-3H3/t13-,15+,17+/m1/s1. The Labute approximate surface area is 156 Å². The van der Waals surface area contributed by atoms with Gasteiger partial charge in [-0.05, 0) is 31.0 Å². The maximum absolute atomic E-state index is 12.7. The van der Waals surface area contributed by atoms with Gasteiger partial charge < -0.3 is 29.1 Å². The molecule has 1 amide bonds. The first-order valence-electron chi connectivity index (χ1n) is 8.62. The van der Waals surface area contributed by atoms with Crippen LogP contribution in [0.3, 0.4) is 0 Å². The Hall–Kier alpha value is -2.81. The third-order valence-corrected chi connectivity index (χ3v) is 4.63. The van der Waals surface area contributed by atoms with Gasteiger partial charge in [-0.1, -0.05) is 11.2 Å². The van der Waals surface area contributed by atoms with Crippen LogP contribution < -0.4 is 9.47 Å². The number of nitrogens with zero attached hydrogens (tertiary/aromatic N) is 2. The Morgan fingerprint density at radius 2 is 2.04 bits per heavy atom. The number of likely N-dealkylation sites (tertiary alicyclic amines) is 1. The fourth-order valence-electron chi connectivity index (χ4n) is 3.26. The van der Waals surface area contributed by atoms with Gasteiger partial charge in [0.05, 0.1) is 20.8 Å². The second kappa shape index (κ2) is 7.83. The number of fused-ring (bicyclic) bond motifs is 1. The maximum Gasteiger partial charge on any atom is 0.357 e. The number of ether oxygens (including phenoxy) is 3. The summed E-state index contributed by atoms with van der Waals surface area (Å²) in [4.78, 5) is 31.1. The molecule has 1 N–H and O–H groups in total. The predicted molar refractivity (Wildman–Crippen MR) is 93.4 cm³/mol. The second-order valence-corrected chi connectivity index (χ2v) is 6.13. The smallest absolute Gasteiger partial charge is 0.357 e. The highest BCUT2D eigenvalue weighted by Gasteiger charge is 2.56. The molecule has 3 atom stereocenters. The zero-order valence-corrected chi connectivity index (χ0v) is 15.4. The molecule has 1 fully saturated rings. The van der Waals surface area contributed by atoms with Gasteiger partial charge in [-0.25, -0.2) is 4.79 Å². The quantitative estimate of drug-likeness (QED) is 0.682. The fourth-order valence-corrected chi connectivity index (χ4v) is 3.26. The highest BCUT2D eigenvalue weighted by Crippen LogP contribution is 2.33. The van der Waals surface area contributed by atoms with Gasteiger partial charge in [0.15, 0.2) is 29.5 Å². The van der Waals surface area contributed by atoms with E-state index < -0.39 is 30.1 Å². The van der Waals surface area contributed by atoms with E-state index in [9.17, 15) is 14.7 Å². The number of hydrogen-bond donors (Lipinski definition) is 1. The van der Waals surface area contributed by atoms with Crippen molar-refractivity contribution in [3.8, 4) is 11.5 Å². The molecule has 2 heterocycles. The van der Waals surface area contributed by atoms with Gasteiger partial charge in [0.1, 0.15) is 5.92 Å². The summed E-state index contributed by atoms with van der Waals surface area (Å²) >= 11 is 0. The lowest BCUT2D eigenvalue weighted by molar-refractivity contribution is -0.138. The average Bonchev–Trinajstić information content (AvgIpc) is 3.21. The summed E-state index contributed by atoms with van der Waals surface area (Å²) in [5.41, 5.74) is 0.810. The number of benzene rings is 1. The van der Waals surface area contributed by atoms with Crippen LogP contribution in [-0.2, 0) is 25.6 Å². The van der Waals surface area contributed by atoms with Gasteiger partial charge >= 0.3 is 5.97 Å². The minimum absolute atomic E-state index is 0.0977. The predicted octanol–water partition coefficient (Wildman–Crippen LogP) is 0.341. The topological polar surface area (TPSA) is 107 Å². The van der Waals surface area contributed by atoms with Crippen molar-refractivity contribution in [2.24, 2.45) is 11.1 Å². The van der Waals surface area contributed by atoms with Crippen molar-refractivity contribution in [2.45, 2.75) is 25.7 Å². The summed E-state index contributed by atoms with van der Waals surface area (Å²) in [5, 5.41) is 14.1. The molecule has 1 saturated heterocycles. The zero-order valence-electron chi connectivity index (χ0n) is 15.4. The molecule has 0 aliphatic carbocycles. The molecule has 0 radical (unpaired) electrons. The summed E-state index contributed by atoms with van der Waals surface area (Å²) < 4.78 is 15.4. The molecule has 2 aliphatic rings. The Morgan fingerprint density at radius 3 is 2.70 bits per heavy atom. The number of carbonyl (C=O) groups is 2. The third kappa shape index (κ3) is 3.42. The number of aliphatic hydroxyl groups is 1. The largest absolute Gasteiger partial charge is 0.493 e. The summed E-state index contributed by atoms with van der Waals surface area (Å²) in [6.45, 7) is 2.07. The number of carbonyl (C=O) groups excluding carboxylic acids is 2. The number of oxime groups is 1. The first-order valence-corrected chi connectivity index (χ1v) is 8.62. The average molecular weight is 378 g/mol. The second-order valence-electron chi connectivity index (χ2n) is 6.13. The van der Waals surface area contributed by atoms with Crippen LogP contribution in [0.5, 0.6) is 11.5 Å². The number of esters is 1. The highest BCUT2D eigenvalue weighted by molar-refractivity contribution is 6.41. The highest BCUT2D eigenvalue weighted by atomic mass is 16.7. The normalized spacial score (nSPS) is 23.6. The van der Waals surface area contributed by atoms with Crippen molar-refractivity contribution in [3.63, 3.8) is 0 Å². The third-order valence-electron chi connectivity index (χ3n) is 4.63. The summed E-state index contributed by atoms with van der Waals surface area (Å²) in [7, 11) is 3.10. The van der Waals surface area contributed by atoms with E-state index in [0.717, 1.165) is 5.56 Å². The Kier molecular flexibility index (Phi) is 5.50. The molecule has 0 aromatic heterocycles. The first kappa shape index (κ1) is 19.0. The van der Waals surface area contributed by atoms with Crippen molar-refractivity contribution in [3.05, 3.63) is 23.8 Å². The molecule has 9 heteroatoms. The van der Waals surface area contributed by atoms with Crippen molar-refractivity contribution >= 4 is 17.6 Å². The lowest BCUT2D eigenvalue weighted by atomic mass is 9.99. The molecule has 0 unspecified atom stereocenters. The van der Waals surface area contributed by atoms with Crippen LogP contribution in [0.2, 0.25) is 0 Å². The van der Waals surface area contributed by atoms with Crippen LogP contribution in [0.25, 0.3) is 0 Å². The van der Waals surface area contributed by atoms with Crippen LogP contribution in [0.15, 0.2) is 23.4 Å². The van der Waals surface area contributed by atoms with Gasteiger partial charge in [-0.2, -0.15) is 0 Å². The molecule has 9 nitrogen and oxygen atoms in total.